The highest BCUT2D eigenvalue weighted by Gasteiger charge is 2.29. The molecule has 2 nitrogen and oxygen atoms in total. The van der Waals surface area contributed by atoms with E-state index in [-0.39, 0.29) is 11.6 Å². The average molecular weight is 182 g/mol. The maximum absolute atomic E-state index is 5.50. The van der Waals surface area contributed by atoms with E-state index in [4.69, 9.17) is 6.42 Å². The minimum absolute atomic E-state index is 0.00389. The fourth-order valence-electron chi connectivity index (χ4n) is 1.06. The number of hydrogen-bond donors (Lipinski definition) is 1. The van der Waals surface area contributed by atoms with Gasteiger partial charge in [-0.05, 0) is 40.9 Å². The second-order valence-electron chi connectivity index (χ2n) is 4.10. The summed E-state index contributed by atoms with van der Waals surface area (Å²) in [5.74, 6) is 2.81. The van der Waals surface area contributed by atoms with Crippen LogP contribution in [0.2, 0.25) is 0 Å². The average Bonchev–Trinajstić information content (AvgIpc) is 2.05. The molecule has 0 saturated carbocycles. The van der Waals surface area contributed by atoms with Crippen molar-refractivity contribution in [1.29, 1.82) is 0 Å². The minimum atomic E-state index is 0.00389. The summed E-state index contributed by atoms with van der Waals surface area (Å²) in [7, 11) is 4.11. The van der Waals surface area contributed by atoms with Gasteiger partial charge in [-0.1, -0.05) is 12.8 Å². The highest BCUT2D eigenvalue weighted by Crippen LogP contribution is 2.14. The largest absolute Gasteiger partial charge is 0.302 e. The van der Waals surface area contributed by atoms with E-state index in [1.807, 2.05) is 0 Å². The van der Waals surface area contributed by atoms with Crippen molar-refractivity contribution in [2.45, 2.75) is 38.8 Å². The Morgan fingerprint density at radius 2 is 2.00 bits per heavy atom. The Morgan fingerprint density at radius 1 is 1.46 bits per heavy atom. The van der Waals surface area contributed by atoms with Crippen LogP contribution in [0.25, 0.3) is 0 Å². The fourth-order valence-corrected chi connectivity index (χ4v) is 1.06. The number of rotatable bonds is 5. The summed E-state index contributed by atoms with van der Waals surface area (Å²) in [5, 5.41) is 3.36. The molecule has 0 aromatic carbocycles. The van der Waals surface area contributed by atoms with E-state index in [0.29, 0.717) is 0 Å². The van der Waals surface area contributed by atoms with Crippen LogP contribution in [0.4, 0.5) is 0 Å². The molecule has 0 bridgehead atoms. The lowest BCUT2D eigenvalue weighted by molar-refractivity contribution is 0.163. The van der Waals surface area contributed by atoms with Crippen LogP contribution in [0.1, 0.15) is 27.2 Å². The van der Waals surface area contributed by atoms with E-state index >= 15 is 0 Å². The van der Waals surface area contributed by atoms with Crippen molar-refractivity contribution >= 4 is 0 Å². The lowest BCUT2D eigenvalue weighted by Crippen LogP contribution is -2.54. The molecule has 0 heterocycles. The monoisotopic (exact) mass is 182 g/mol. The van der Waals surface area contributed by atoms with Crippen molar-refractivity contribution < 1.29 is 0 Å². The molecule has 0 saturated heterocycles. The van der Waals surface area contributed by atoms with Gasteiger partial charge in [-0.2, -0.15) is 0 Å². The van der Waals surface area contributed by atoms with Crippen LogP contribution in [0.3, 0.4) is 0 Å². The number of nitrogens with one attached hydrogen (secondary N) is 1. The Bertz CT molecular complexity index is 177. The van der Waals surface area contributed by atoms with Gasteiger partial charge in [-0.25, -0.2) is 0 Å². The Labute approximate surface area is 82.7 Å². The number of nitrogens with zero attached hydrogens (tertiary/aromatic N) is 1. The standard InChI is InChI=1S/C11H22N2/c1-7-9-12-10(8-2)11(3,4)13(5)6/h2,10,12H,7,9H2,1,3-6H3. The van der Waals surface area contributed by atoms with Gasteiger partial charge in [0.1, 0.15) is 0 Å². The lowest BCUT2D eigenvalue weighted by atomic mass is 9.93. The molecule has 0 spiro atoms. The zero-order chi connectivity index (χ0) is 10.5. The third-order valence-corrected chi connectivity index (χ3v) is 2.62. The van der Waals surface area contributed by atoms with Crippen LogP contribution in [-0.2, 0) is 0 Å². The first-order chi connectivity index (χ1) is 5.96. The molecule has 0 aliphatic rings. The van der Waals surface area contributed by atoms with Gasteiger partial charge in [-0.3, -0.25) is 0 Å². The molecule has 0 aliphatic carbocycles. The van der Waals surface area contributed by atoms with Gasteiger partial charge in [0, 0.05) is 5.54 Å². The second kappa shape index (κ2) is 5.26. The highest BCUT2D eigenvalue weighted by molar-refractivity contribution is 5.09. The van der Waals surface area contributed by atoms with Crippen molar-refractivity contribution in [3.8, 4) is 12.3 Å². The third-order valence-electron chi connectivity index (χ3n) is 2.62. The van der Waals surface area contributed by atoms with Gasteiger partial charge in [0.15, 0.2) is 0 Å². The Hall–Kier alpha value is -0.520. The molecule has 76 valence electrons. The molecule has 1 unspecified atom stereocenters. The van der Waals surface area contributed by atoms with Crippen molar-refractivity contribution in [3.05, 3.63) is 0 Å². The minimum Gasteiger partial charge on any atom is -0.302 e. The SMILES string of the molecule is C#CC(NCCC)C(C)(C)N(C)C. The van der Waals surface area contributed by atoms with E-state index in [2.05, 4.69) is 51.0 Å². The van der Waals surface area contributed by atoms with Gasteiger partial charge in [-0.15, -0.1) is 6.42 Å². The number of hydrogen-bond acceptors (Lipinski definition) is 2. The van der Waals surface area contributed by atoms with Crippen LogP contribution in [0, 0.1) is 12.3 Å². The van der Waals surface area contributed by atoms with Crippen molar-refractivity contribution in [1.82, 2.24) is 10.2 Å². The van der Waals surface area contributed by atoms with Crippen molar-refractivity contribution in [3.63, 3.8) is 0 Å². The Morgan fingerprint density at radius 3 is 2.31 bits per heavy atom. The van der Waals surface area contributed by atoms with Crippen LogP contribution >= 0.6 is 0 Å². The van der Waals surface area contributed by atoms with E-state index in [1.54, 1.807) is 0 Å². The Kier molecular flexibility index (Phi) is 5.05. The molecule has 0 radical (unpaired) electrons. The molecule has 2 heteroatoms. The summed E-state index contributed by atoms with van der Waals surface area (Å²) in [6, 6.07) is 0.113. The zero-order valence-corrected chi connectivity index (χ0v) is 9.52. The zero-order valence-electron chi connectivity index (χ0n) is 9.52. The smallest absolute Gasteiger partial charge is 0.0867 e. The summed E-state index contributed by atoms with van der Waals surface area (Å²) in [6.45, 7) is 7.43. The van der Waals surface area contributed by atoms with Crippen LogP contribution in [0.15, 0.2) is 0 Å². The van der Waals surface area contributed by atoms with Gasteiger partial charge >= 0.3 is 0 Å². The molecule has 0 fully saturated rings. The maximum Gasteiger partial charge on any atom is 0.0867 e. The molecule has 1 atom stereocenters. The predicted molar refractivity (Wildman–Crippen MR) is 58.7 cm³/mol. The van der Waals surface area contributed by atoms with E-state index in [0.717, 1.165) is 13.0 Å². The maximum atomic E-state index is 5.50. The van der Waals surface area contributed by atoms with E-state index in [9.17, 15) is 0 Å². The number of likely N-dealkylation sites (N-methyl/N-ethyl adjacent to an activating group) is 1. The van der Waals surface area contributed by atoms with Crippen LogP contribution < -0.4 is 5.32 Å². The van der Waals surface area contributed by atoms with Crippen LogP contribution in [0.5, 0.6) is 0 Å². The summed E-state index contributed by atoms with van der Waals surface area (Å²) in [4.78, 5) is 2.15. The summed E-state index contributed by atoms with van der Waals surface area (Å²) in [6.07, 6.45) is 6.61. The van der Waals surface area contributed by atoms with Gasteiger partial charge in [0.25, 0.3) is 0 Å². The lowest BCUT2D eigenvalue weighted by Gasteiger charge is -2.37. The second-order valence-corrected chi connectivity index (χ2v) is 4.10. The molecule has 0 amide bonds. The molecule has 13 heavy (non-hydrogen) atoms. The predicted octanol–water partition coefficient (Wildman–Crippen LogP) is 1.33. The summed E-state index contributed by atoms with van der Waals surface area (Å²) in [5.41, 5.74) is 0.00389. The third kappa shape index (κ3) is 3.38. The highest BCUT2D eigenvalue weighted by atomic mass is 15.2. The van der Waals surface area contributed by atoms with E-state index in [1.165, 1.54) is 0 Å². The fraction of sp³-hybridized carbons (Fsp3) is 0.818. The van der Waals surface area contributed by atoms with Crippen molar-refractivity contribution in [2.24, 2.45) is 0 Å². The van der Waals surface area contributed by atoms with Crippen LogP contribution in [-0.4, -0.2) is 37.1 Å². The topological polar surface area (TPSA) is 15.3 Å². The first kappa shape index (κ1) is 12.5. The number of terminal acetylenes is 1. The van der Waals surface area contributed by atoms with Gasteiger partial charge < -0.3 is 10.2 Å². The van der Waals surface area contributed by atoms with Gasteiger partial charge in [0.2, 0.25) is 0 Å². The molecular weight excluding hydrogens is 160 g/mol. The first-order valence-electron chi connectivity index (χ1n) is 4.83. The molecule has 0 aromatic heterocycles. The molecule has 0 rings (SSSR count). The molecule has 0 aliphatic heterocycles. The van der Waals surface area contributed by atoms with Crippen molar-refractivity contribution in [2.75, 3.05) is 20.6 Å². The quantitative estimate of drug-likeness (QED) is 0.645. The molecule has 1 N–H and O–H groups in total. The summed E-state index contributed by atoms with van der Waals surface area (Å²) >= 11 is 0. The molecule has 0 aromatic rings. The molecular formula is C11H22N2. The normalized spacial score (nSPS) is 14.2. The Balaban J connectivity index is 4.31. The summed E-state index contributed by atoms with van der Waals surface area (Å²) < 4.78 is 0. The van der Waals surface area contributed by atoms with E-state index < -0.39 is 0 Å². The van der Waals surface area contributed by atoms with Gasteiger partial charge in [0.05, 0.1) is 6.04 Å². The first-order valence-corrected chi connectivity index (χ1v) is 4.83.